The van der Waals surface area contributed by atoms with Gasteiger partial charge in [0.05, 0.1) is 6.07 Å². The highest BCUT2D eigenvalue weighted by Gasteiger charge is 2.10. The van der Waals surface area contributed by atoms with Gasteiger partial charge >= 0.3 is 12.4 Å². The van der Waals surface area contributed by atoms with Crippen LogP contribution in [0.25, 0.3) is 11.3 Å². The van der Waals surface area contributed by atoms with Gasteiger partial charge in [0, 0.05) is 24.8 Å². The molecule has 0 atom stereocenters. The van der Waals surface area contributed by atoms with Crippen LogP contribution in [-0.4, -0.2) is 25.5 Å². The third kappa shape index (κ3) is 3.14. The van der Waals surface area contributed by atoms with Crippen LogP contribution in [0.5, 0.6) is 11.7 Å². The lowest BCUT2D eigenvalue weighted by Gasteiger charge is -2.10. The average molecular weight is 278 g/mol. The summed E-state index contributed by atoms with van der Waals surface area (Å²) in [4.78, 5) is 10.2. The molecule has 0 bridgehead atoms. The summed E-state index contributed by atoms with van der Waals surface area (Å²) in [6.45, 7) is 0.730. The van der Waals surface area contributed by atoms with E-state index >= 15 is 0 Å². The van der Waals surface area contributed by atoms with Gasteiger partial charge in [-0.2, -0.15) is 0 Å². The standard InChI is InChI=1S/C13H14N2O5/c1-17-8-19-12-3-2-9(4-10(12)6-14)11-5-13(18-7-16)20-15-11/h2-5,7H,6,8,14H2,1H3. The molecule has 106 valence electrons. The van der Waals surface area contributed by atoms with Gasteiger partial charge in [-0.15, -0.1) is 0 Å². The minimum absolute atomic E-state index is 0.0315. The molecule has 1 heterocycles. The van der Waals surface area contributed by atoms with Gasteiger partial charge in [-0.05, 0) is 18.2 Å². The number of aromatic nitrogens is 1. The minimum Gasteiger partial charge on any atom is -0.467 e. The van der Waals surface area contributed by atoms with Crippen LogP contribution in [0, 0.1) is 0 Å². The van der Waals surface area contributed by atoms with Crippen LogP contribution < -0.4 is 15.2 Å². The maximum Gasteiger partial charge on any atom is 0.319 e. The Morgan fingerprint density at radius 2 is 2.25 bits per heavy atom. The lowest BCUT2D eigenvalue weighted by atomic mass is 10.1. The number of ether oxygens (including phenoxy) is 3. The van der Waals surface area contributed by atoms with E-state index in [1.807, 2.05) is 6.07 Å². The molecule has 7 nitrogen and oxygen atoms in total. The number of hydrogen-bond acceptors (Lipinski definition) is 7. The second-order valence-electron chi connectivity index (χ2n) is 3.82. The number of rotatable bonds is 7. The van der Waals surface area contributed by atoms with Crippen LogP contribution in [-0.2, 0) is 16.1 Å². The van der Waals surface area contributed by atoms with E-state index in [0.717, 1.165) is 11.1 Å². The Bertz CT molecular complexity index is 582. The maximum absolute atomic E-state index is 10.2. The quantitative estimate of drug-likeness (QED) is 0.602. The molecule has 0 radical (unpaired) electrons. The first-order chi connectivity index (χ1) is 9.78. The van der Waals surface area contributed by atoms with Gasteiger partial charge in [-0.1, -0.05) is 5.16 Å². The Morgan fingerprint density at radius 1 is 1.40 bits per heavy atom. The van der Waals surface area contributed by atoms with Crippen molar-refractivity contribution < 1.29 is 23.5 Å². The summed E-state index contributed by atoms with van der Waals surface area (Å²) in [5.41, 5.74) is 7.81. The smallest absolute Gasteiger partial charge is 0.319 e. The van der Waals surface area contributed by atoms with Crippen LogP contribution >= 0.6 is 0 Å². The molecule has 1 aromatic heterocycles. The van der Waals surface area contributed by atoms with Gasteiger partial charge in [-0.3, -0.25) is 4.79 Å². The van der Waals surface area contributed by atoms with E-state index in [1.54, 1.807) is 19.2 Å². The molecule has 0 amide bonds. The molecule has 2 aromatic rings. The van der Waals surface area contributed by atoms with Crippen molar-refractivity contribution in [2.24, 2.45) is 5.73 Å². The van der Waals surface area contributed by atoms with Crippen molar-refractivity contribution in [3.63, 3.8) is 0 Å². The monoisotopic (exact) mass is 278 g/mol. The van der Waals surface area contributed by atoms with E-state index in [-0.39, 0.29) is 19.2 Å². The van der Waals surface area contributed by atoms with E-state index in [9.17, 15) is 4.79 Å². The number of carbonyl (C=O) groups excluding carboxylic acids is 1. The molecule has 1 aromatic carbocycles. The normalized spacial score (nSPS) is 10.3. The third-order valence-corrected chi connectivity index (χ3v) is 2.56. The van der Waals surface area contributed by atoms with Crippen molar-refractivity contribution in [3.8, 4) is 23.0 Å². The fourth-order valence-electron chi connectivity index (χ4n) is 1.66. The lowest BCUT2D eigenvalue weighted by Crippen LogP contribution is -2.05. The minimum atomic E-state index is 0.0315. The molecule has 2 rings (SSSR count). The zero-order chi connectivity index (χ0) is 14.4. The molecule has 0 saturated heterocycles. The van der Waals surface area contributed by atoms with Crippen molar-refractivity contribution in [2.75, 3.05) is 13.9 Å². The predicted octanol–water partition coefficient (Wildman–Crippen LogP) is 1.32. The highest BCUT2D eigenvalue weighted by molar-refractivity contribution is 5.63. The van der Waals surface area contributed by atoms with Gasteiger partial charge in [0.25, 0.3) is 0 Å². The number of nitrogens with zero attached hydrogens (tertiary/aromatic N) is 1. The molecule has 7 heteroatoms. The highest BCUT2D eigenvalue weighted by Crippen LogP contribution is 2.28. The van der Waals surface area contributed by atoms with E-state index in [1.165, 1.54) is 6.07 Å². The molecule has 20 heavy (non-hydrogen) atoms. The van der Waals surface area contributed by atoms with Gasteiger partial charge < -0.3 is 24.5 Å². The average Bonchev–Trinajstić information content (AvgIpc) is 2.94. The summed E-state index contributed by atoms with van der Waals surface area (Å²) in [5, 5.41) is 3.81. The van der Waals surface area contributed by atoms with Crippen LogP contribution in [0.15, 0.2) is 28.8 Å². The summed E-state index contributed by atoms with van der Waals surface area (Å²) >= 11 is 0. The second-order valence-corrected chi connectivity index (χ2v) is 3.82. The maximum atomic E-state index is 10.2. The van der Waals surface area contributed by atoms with E-state index in [2.05, 4.69) is 9.89 Å². The zero-order valence-electron chi connectivity index (χ0n) is 10.9. The van der Waals surface area contributed by atoms with Gasteiger partial charge in [0.1, 0.15) is 11.4 Å². The van der Waals surface area contributed by atoms with Crippen LogP contribution in [0.1, 0.15) is 5.56 Å². The summed E-state index contributed by atoms with van der Waals surface area (Å²) in [6.07, 6.45) is 0. The number of hydrogen-bond donors (Lipinski definition) is 1. The summed E-state index contributed by atoms with van der Waals surface area (Å²) in [6, 6.07) is 6.91. The number of benzene rings is 1. The van der Waals surface area contributed by atoms with Gasteiger partial charge in [0.15, 0.2) is 6.79 Å². The lowest BCUT2D eigenvalue weighted by molar-refractivity contribution is -0.121. The van der Waals surface area contributed by atoms with Gasteiger partial charge in [0.2, 0.25) is 0 Å². The molecule has 0 spiro atoms. The highest BCUT2D eigenvalue weighted by atomic mass is 16.7. The molecule has 0 aliphatic heterocycles. The molecule has 0 aliphatic rings. The second kappa shape index (κ2) is 6.69. The van der Waals surface area contributed by atoms with Crippen molar-refractivity contribution in [2.45, 2.75) is 6.54 Å². The molecule has 0 unspecified atom stereocenters. The first kappa shape index (κ1) is 14.0. The number of nitrogens with two attached hydrogens (primary N) is 1. The fourth-order valence-corrected chi connectivity index (χ4v) is 1.66. The Kier molecular flexibility index (Phi) is 4.70. The third-order valence-electron chi connectivity index (χ3n) is 2.56. The van der Waals surface area contributed by atoms with E-state index in [4.69, 9.17) is 19.7 Å². The van der Waals surface area contributed by atoms with Crippen molar-refractivity contribution in [3.05, 3.63) is 29.8 Å². The first-order valence-corrected chi connectivity index (χ1v) is 5.80. The molecule has 0 saturated carbocycles. The predicted molar refractivity (Wildman–Crippen MR) is 69.0 cm³/mol. The topological polar surface area (TPSA) is 96.8 Å². The summed E-state index contributed by atoms with van der Waals surface area (Å²) < 4.78 is 19.7. The fraction of sp³-hybridized carbons (Fsp3) is 0.231. The number of methoxy groups -OCH3 is 1. The number of carbonyl (C=O) groups is 1. The molecule has 0 fully saturated rings. The SMILES string of the molecule is COCOc1ccc(-c2cc(OC=O)on2)cc1CN. The van der Waals surface area contributed by atoms with Crippen molar-refractivity contribution in [1.29, 1.82) is 0 Å². The zero-order valence-corrected chi connectivity index (χ0v) is 10.9. The Morgan fingerprint density at radius 3 is 2.95 bits per heavy atom. The molecule has 0 aliphatic carbocycles. The Balaban J connectivity index is 2.25. The summed E-state index contributed by atoms with van der Waals surface area (Å²) in [5.74, 6) is 0.676. The molecule has 2 N–H and O–H groups in total. The van der Waals surface area contributed by atoms with Crippen LogP contribution in [0.2, 0.25) is 0 Å². The van der Waals surface area contributed by atoms with E-state index in [0.29, 0.717) is 18.0 Å². The summed E-state index contributed by atoms with van der Waals surface area (Å²) in [7, 11) is 1.54. The Labute approximate surface area is 115 Å². The largest absolute Gasteiger partial charge is 0.467 e. The van der Waals surface area contributed by atoms with Crippen molar-refractivity contribution in [1.82, 2.24) is 5.16 Å². The first-order valence-electron chi connectivity index (χ1n) is 5.80. The molecular formula is C13H14N2O5. The molecular weight excluding hydrogens is 264 g/mol. The van der Waals surface area contributed by atoms with E-state index < -0.39 is 0 Å². The van der Waals surface area contributed by atoms with Crippen LogP contribution in [0.4, 0.5) is 0 Å². The van der Waals surface area contributed by atoms with Crippen LogP contribution in [0.3, 0.4) is 0 Å². The van der Waals surface area contributed by atoms with Gasteiger partial charge in [-0.25, -0.2) is 0 Å². The Hall–Kier alpha value is -2.38. The van der Waals surface area contributed by atoms with Crippen molar-refractivity contribution >= 4 is 6.47 Å².